The zero-order valence-electron chi connectivity index (χ0n) is 14.6. The smallest absolute Gasteiger partial charge is 0.248 e. The van der Waals surface area contributed by atoms with Crippen LogP contribution >= 0.6 is 0 Å². The molecule has 1 amide bonds. The van der Waals surface area contributed by atoms with Gasteiger partial charge < -0.3 is 14.5 Å². The number of carbonyl (C=O) groups is 1. The molecule has 0 aliphatic carbocycles. The molecule has 0 aliphatic rings. The van der Waals surface area contributed by atoms with E-state index in [0.717, 1.165) is 22.4 Å². The molecule has 1 N–H and O–H groups in total. The minimum Gasteiger partial charge on any atom is -0.497 e. The quantitative estimate of drug-likeness (QED) is 0.651. The molecule has 3 rings (SSSR count). The van der Waals surface area contributed by atoms with Crippen LogP contribution in [0.25, 0.3) is 17.0 Å². The number of ether oxygens (including phenoxy) is 1. The van der Waals surface area contributed by atoms with Gasteiger partial charge in [-0.25, -0.2) is 0 Å². The van der Waals surface area contributed by atoms with E-state index in [1.165, 1.54) is 11.6 Å². The van der Waals surface area contributed by atoms with E-state index in [1.807, 2.05) is 48.5 Å². The molecule has 0 aliphatic heterocycles. The number of carbonyl (C=O) groups excluding carboxylic acids is 1. The van der Waals surface area contributed by atoms with Crippen molar-refractivity contribution in [1.82, 2.24) is 0 Å². The monoisotopic (exact) mass is 335 g/mol. The van der Waals surface area contributed by atoms with Gasteiger partial charge in [0.15, 0.2) is 0 Å². The van der Waals surface area contributed by atoms with Gasteiger partial charge in [0.25, 0.3) is 0 Å². The van der Waals surface area contributed by atoms with Gasteiger partial charge in [-0.05, 0) is 54.0 Å². The maximum Gasteiger partial charge on any atom is 0.248 e. The fraction of sp³-hybridized carbons (Fsp3) is 0.190. The summed E-state index contributed by atoms with van der Waals surface area (Å²) in [5, 5.41) is 3.78. The number of anilines is 1. The minimum absolute atomic E-state index is 0.199. The Bertz CT molecular complexity index is 905. The standard InChI is InChI=1S/C21H21NO3/c1-14(2)15-4-6-17(7-5-15)22-21(23)11-9-19-13-16-12-18(24-3)8-10-20(16)25-19/h4-14H,1-3H3,(H,22,23)/b11-9+. The van der Waals surface area contributed by atoms with Crippen molar-refractivity contribution in [3.63, 3.8) is 0 Å². The Labute approximate surface area is 147 Å². The van der Waals surface area contributed by atoms with Crippen molar-refractivity contribution >= 4 is 28.6 Å². The number of hydrogen-bond acceptors (Lipinski definition) is 3. The molecule has 25 heavy (non-hydrogen) atoms. The Balaban J connectivity index is 1.67. The maximum atomic E-state index is 12.1. The van der Waals surface area contributed by atoms with Gasteiger partial charge in [-0.2, -0.15) is 0 Å². The van der Waals surface area contributed by atoms with E-state index in [9.17, 15) is 4.79 Å². The van der Waals surface area contributed by atoms with E-state index < -0.39 is 0 Å². The lowest BCUT2D eigenvalue weighted by atomic mass is 10.0. The summed E-state index contributed by atoms with van der Waals surface area (Å²) in [6.07, 6.45) is 3.12. The van der Waals surface area contributed by atoms with E-state index in [2.05, 4.69) is 19.2 Å². The van der Waals surface area contributed by atoms with Crippen LogP contribution in [0.1, 0.15) is 31.1 Å². The SMILES string of the molecule is COc1ccc2oc(/C=C/C(=O)Nc3ccc(C(C)C)cc3)cc2c1. The van der Waals surface area contributed by atoms with E-state index in [1.54, 1.807) is 13.2 Å². The zero-order chi connectivity index (χ0) is 17.8. The Morgan fingerprint density at radius 2 is 1.88 bits per heavy atom. The number of nitrogens with one attached hydrogen (secondary N) is 1. The summed E-state index contributed by atoms with van der Waals surface area (Å²) in [6.45, 7) is 4.28. The van der Waals surface area contributed by atoms with Gasteiger partial charge in [0, 0.05) is 17.1 Å². The first-order valence-corrected chi connectivity index (χ1v) is 8.22. The lowest BCUT2D eigenvalue weighted by molar-refractivity contribution is -0.111. The third kappa shape index (κ3) is 4.10. The fourth-order valence-electron chi connectivity index (χ4n) is 2.54. The van der Waals surface area contributed by atoms with Crippen LogP contribution in [0.4, 0.5) is 5.69 Å². The van der Waals surface area contributed by atoms with Gasteiger partial charge in [0.1, 0.15) is 17.1 Å². The summed E-state index contributed by atoms with van der Waals surface area (Å²) in [6, 6.07) is 15.3. The number of furan rings is 1. The summed E-state index contributed by atoms with van der Waals surface area (Å²) in [4.78, 5) is 12.1. The summed E-state index contributed by atoms with van der Waals surface area (Å²) in [5.41, 5.74) is 2.77. The molecule has 0 saturated heterocycles. The molecule has 0 spiro atoms. The molecule has 128 valence electrons. The second-order valence-electron chi connectivity index (χ2n) is 6.15. The van der Waals surface area contributed by atoms with Gasteiger partial charge in [0.2, 0.25) is 5.91 Å². The second-order valence-corrected chi connectivity index (χ2v) is 6.15. The second kappa shape index (κ2) is 7.26. The van der Waals surface area contributed by atoms with Gasteiger partial charge >= 0.3 is 0 Å². The Kier molecular flexibility index (Phi) is 4.89. The van der Waals surface area contributed by atoms with Crippen LogP contribution in [-0.2, 0) is 4.79 Å². The summed E-state index contributed by atoms with van der Waals surface area (Å²) < 4.78 is 10.9. The summed E-state index contributed by atoms with van der Waals surface area (Å²) in [5.74, 6) is 1.66. The lowest BCUT2D eigenvalue weighted by Crippen LogP contribution is -2.07. The summed E-state index contributed by atoms with van der Waals surface area (Å²) in [7, 11) is 1.63. The molecule has 4 nitrogen and oxygen atoms in total. The molecule has 0 bridgehead atoms. The molecule has 3 aromatic rings. The number of hydrogen-bond donors (Lipinski definition) is 1. The highest BCUT2D eigenvalue weighted by atomic mass is 16.5. The van der Waals surface area contributed by atoms with Crippen molar-refractivity contribution in [3.05, 3.63) is 65.9 Å². The summed E-state index contributed by atoms with van der Waals surface area (Å²) >= 11 is 0. The average molecular weight is 335 g/mol. The molecule has 0 atom stereocenters. The van der Waals surface area contributed by atoms with Crippen LogP contribution in [0.5, 0.6) is 5.75 Å². The zero-order valence-corrected chi connectivity index (χ0v) is 14.6. The van der Waals surface area contributed by atoms with Crippen molar-refractivity contribution in [2.75, 3.05) is 12.4 Å². The van der Waals surface area contributed by atoms with Gasteiger partial charge in [-0.15, -0.1) is 0 Å². The number of amides is 1. The van der Waals surface area contributed by atoms with Crippen LogP contribution in [0.3, 0.4) is 0 Å². The van der Waals surface area contributed by atoms with E-state index in [4.69, 9.17) is 9.15 Å². The molecule has 4 heteroatoms. The van der Waals surface area contributed by atoms with Crippen LogP contribution < -0.4 is 10.1 Å². The van der Waals surface area contributed by atoms with Crippen molar-refractivity contribution in [1.29, 1.82) is 0 Å². The Morgan fingerprint density at radius 1 is 1.12 bits per heavy atom. The van der Waals surface area contributed by atoms with Crippen LogP contribution in [0, 0.1) is 0 Å². The van der Waals surface area contributed by atoms with Gasteiger partial charge in [-0.1, -0.05) is 26.0 Å². The predicted molar refractivity (Wildman–Crippen MR) is 101 cm³/mol. The van der Waals surface area contributed by atoms with Crippen LogP contribution in [0.2, 0.25) is 0 Å². The molecule has 0 saturated carbocycles. The molecule has 2 aromatic carbocycles. The van der Waals surface area contributed by atoms with Crippen LogP contribution in [-0.4, -0.2) is 13.0 Å². The first-order chi connectivity index (χ1) is 12.0. The first-order valence-electron chi connectivity index (χ1n) is 8.22. The molecule has 0 radical (unpaired) electrons. The van der Waals surface area contributed by atoms with Crippen molar-refractivity contribution in [3.8, 4) is 5.75 Å². The number of rotatable bonds is 5. The van der Waals surface area contributed by atoms with E-state index >= 15 is 0 Å². The normalized spacial score (nSPS) is 11.4. The largest absolute Gasteiger partial charge is 0.497 e. The third-order valence-corrected chi connectivity index (χ3v) is 3.99. The lowest BCUT2D eigenvalue weighted by Gasteiger charge is -2.07. The Morgan fingerprint density at radius 3 is 2.56 bits per heavy atom. The van der Waals surface area contributed by atoms with Crippen LogP contribution in [0.15, 0.2) is 59.0 Å². The maximum absolute atomic E-state index is 12.1. The highest BCUT2D eigenvalue weighted by Crippen LogP contribution is 2.24. The van der Waals surface area contributed by atoms with Crippen molar-refractivity contribution in [2.45, 2.75) is 19.8 Å². The fourth-order valence-corrected chi connectivity index (χ4v) is 2.54. The molecular weight excluding hydrogens is 314 g/mol. The average Bonchev–Trinajstić information content (AvgIpc) is 3.02. The highest BCUT2D eigenvalue weighted by Gasteiger charge is 2.04. The van der Waals surface area contributed by atoms with Gasteiger partial charge in [0.05, 0.1) is 7.11 Å². The van der Waals surface area contributed by atoms with Crippen molar-refractivity contribution < 1.29 is 13.9 Å². The van der Waals surface area contributed by atoms with Gasteiger partial charge in [-0.3, -0.25) is 4.79 Å². The highest BCUT2D eigenvalue weighted by molar-refractivity contribution is 6.02. The van der Waals surface area contributed by atoms with E-state index in [0.29, 0.717) is 11.7 Å². The molecular formula is C21H21NO3. The Hall–Kier alpha value is -3.01. The number of benzene rings is 2. The molecule has 1 heterocycles. The molecule has 0 fully saturated rings. The number of methoxy groups -OCH3 is 1. The van der Waals surface area contributed by atoms with Crippen molar-refractivity contribution in [2.24, 2.45) is 0 Å². The minimum atomic E-state index is -0.199. The first kappa shape index (κ1) is 16.8. The molecule has 0 unspecified atom stereocenters. The van der Waals surface area contributed by atoms with E-state index in [-0.39, 0.29) is 5.91 Å². The predicted octanol–water partition coefficient (Wildman–Crippen LogP) is 5.22. The number of fused-ring (bicyclic) bond motifs is 1. The topological polar surface area (TPSA) is 51.5 Å². The molecule has 1 aromatic heterocycles. The third-order valence-electron chi connectivity index (χ3n) is 3.99.